The number of aromatic amines is 1. The van der Waals surface area contributed by atoms with E-state index in [-0.39, 0.29) is 11.3 Å². The van der Waals surface area contributed by atoms with Crippen LogP contribution in [0.15, 0.2) is 65.4 Å². The van der Waals surface area contributed by atoms with Crippen LogP contribution in [0.4, 0.5) is 0 Å². The summed E-state index contributed by atoms with van der Waals surface area (Å²) >= 11 is 1.87. The van der Waals surface area contributed by atoms with Gasteiger partial charge in [-0.25, -0.2) is 4.98 Å². The Labute approximate surface area is 241 Å². The fraction of sp³-hybridized carbons (Fsp3) is 0.469. The van der Waals surface area contributed by atoms with Gasteiger partial charge < -0.3 is 9.88 Å². The molecule has 1 spiro atoms. The molecule has 0 atom stereocenters. The largest absolute Gasteiger partial charge is 0.348 e. The summed E-state index contributed by atoms with van der Waals surface area (Å²) in [6.45, 7) is 9.62. The van der Waals surface area contributed by atoms with Crippen molar-refractivity contribution in [2.45, 2.75) is 58.7 Å². The number of nitrogens with one attached hydrogen (secondary N) is 1. The molecule has 2 saturated heterocycles. The third-order valence-electron chi connectivity index (χ3n) is 8.86. The molecule has 1 amide bonds. The first-order valence-electron chi connectivity index (χ1n) is 14.6. The van der Waals surface area contributed by atoms with Crippen LogP contribution in [0.1, 0.15) is 64.3 Å². The van der Waals surface area contributed by atoms with Gasteiger partial charge in [0.2, 0.25) is 0 Å². The Balaban J connectivity index is 1.05. The molecule has 5 heterocycles. The zero-order valence-electron chi connectivity index (χ0n) is 23.5. The maximum absolute atomic E-state index is 13.6. The van der Waals surface area contributed by atoms with Crippen molar-refractivity contribution in [1.82, 2.24) is 24.7 Å². The van der Waals surface area contributed by atoms with Gasteiger partial charge in [0.25, 0.3) is 5.91 Å². The van der Waals surface area contributed by atoms with Crippen molar-refractivity contribution < 1.29 is 4.79 Å². The number of hydrogen-bond donors (Lipinski definition) is 1. The summed E-state index contributed by atoms with van der Waals surface area (Å²) in [5.41, 5.74) is 4.85. The van der Waals surface area contributed by atoms with Crippen LogP contribution in [-0.2, 0) is 19.6 Å². The van der Waals surface area contributed by atoms with Gasteiger partial charge in [-0.15, -0.1) is 11.3 Å². The van der Waals surface area contributed by atoms with Crippen molar-refractivity contribution >= 4 is 23.0 Å². The minimum Gasteiger partial charge on any atom is -0.348 e. The van der Waals surface area contributed by atoms with Gasteiger partial charge in [-0.2, -0.15) is 0 Å². The van der Waals surface area contributed by atoms with Gasteiger partial charge in [0, 0.05) is 73.9 Å². The molecule has 6 rings (SSSR count). The highest BCUT2D eigenvalue weighted by Crippen LogP contribution is 2.40. The highest BCUT2D eigenvalue weighted by atomic mass is 32.1. The number of nitrogens with zero attached hydrogens (tertiary/aromatic N) is 5. The molecule has 0 saturated carbocycles. The Morgan fingerprint density at radius 2 is 1.93 bits per heavy atom. The molecule has 3 aliphatic heterocycles. The van der Waals surface area contributed by atoms with Gasteiger partial charge in [-0.05, 0) is 85.8 Å². The number of allylic oxidation sites excluding steroid dienone is 1. The van der Waals surface area contributed by atoms with Gasteiger partial charge in [-0.3, -0.25) is 19.6 Å². The second kappa shape index (κ2) is 12.2. The Bertz CT molecular complexity index is 1330. The van der Waals surface area contributed by atoms with Crippen molar-refractivity contribution in [1.29, 1.82) is 0 Å². The minimum atomic E-state index is 0.182. The van der Waals surface area contributed by atoms with E-state index in [4.69, 9.17) is 0 Å². The second-order valence-corrected chi connectivity index (χ2v) is 12.8. The standard InChI is InChI=1S/C32H40N6OS/c1-25-9-19-40-29(25)22-36-17-11-32(12-18-36)10-3-16-38(24-32)31(39)27-7-5-26(6-8-27)20-37(21-28-4-2-13-33-28)23-30-34-14-15-35-30/h2,5-9,13-15,19H,3-4,10-12,16-18,20-24H2,1H3,(H,34,35). The topological polar surface area (TPSA) is 67.8 Å². The number of H-pyrrole nitrogens is 1. The first-order valence-corrected chi connectivity index (χ1v) is 15.5. The zero-order valence-corrected chi connectivity index (χ0v) is 24.3. The van der Waals surface area contributed by atoms with Gasteiger partial charge in [0.05, 0.1) is 6.54 Å². The highest BCUT2D eigenvalue weighted by molar-refractivity contribution is 7.10. The normalized spacial score (nSPS) is 19.1. The van der Waals surface area contributed by atoms with Gasteiger partial charge in [-0.1, -0.05) is 18.2 Å². The third-order valence-corrected chi connectivity index (χ3v) is 9.87. The lowest BCUT2D eigenvalue weighted by Gasteiger charge is -2.47. The lowest BCUT2D eigenvalue weighted by molar-refractivity contribution is 0.0199. The molecule has 3 aliphatic rings. The number of aryl methyl sites for hydroxylation is 1. The van der Waals surface area contributed by atoms with E-state index in [0.717, 1.165) is 76.6 Å². The summed E-state index contributed by atoms with van der Waals surface area (Å²) in [5.74, 6) is 1.13. The monoisotopic (exact) mass is 556 g/mol. The number of amides is 1. The molecule has 2 aromatic heterocycles. The number of imidazole rings is 1. The molecular formula is C32H40N6OS. The number of rotatable bonds is 9. The Hall–Kier alpha value is -3.07. The molecule has 8 heteroatoms. The Morgan fingerprint density at radius 3 is 2.62 bits per heavy atom. The number of aromatic nitrogens is 2. The van der Waals surface area contributed by atoms with E-state index >= 15 is 0 Å². The second-order valence-electron chi connectivity index (χ2n) is 11.8. The van der Waals surface area contributed by atoms with Gasteiger partial charge in [0.15, 0.2) is 0 Å². The van der Waals surface area contributed by atoms with E-state index < -0.39 is 0 Å². The molecular weight excluding hydrogens is 516 g/mol. The lowest BCUT2D eigenvalue weighted by atomic mass is 9.72. The molecule has 3 aromatic rings. The number of benzene rings is 1. The molecule has 0 radical (unpaired) electrons. The maximum Gasteiger partial charge on any atom is 0.253 e. The predicted molar refractivity (Wildman–Crippen MR) is 161 cm³/mol. The number of carbonyl (C=O) groups excluding carboxylic acids is 1. The zero-order chi connectivity index (χ0) is 27.4. The van der Waals surface area contributed by atoms with Crippen LogP contribution in [0.3, 0.4) is 0 Å². The minimum absolute atomic E-state index is 0.182. The van der Waals surface area contributed by atoms with Crippen molar-refractivity contribution in [2.75, 3.05) is 32.7 Å². The predicted octanol–water partition coefficient (Wildman–Crippen LogP) is 5.66. The summed E-state index contributed by atoms with van der Waals surface area (Å²) in [5, 5.41) is 2.20. The Kier molecular flexibility index (Phi) is 8.27. The Morgan fingerprint density at radius 1 is 1.07 bits per heavy atom. The van der Waals surface area contributed by atoms with Crippen LogP contribution in [-0.4, -0.2) is 69.0 Å². The summed E-state index contributed by atoms with van der Waals surface area (Å²) in [4.78, 5) is 34.3. The van der Waals surface area contributed by atoms with Crippen molar-refractivity contribution in [3.05, 3.63) is 87.8 Å². The third kappa shape index (κ3) is 6.45. The number of likely N-dealkylation sites (tertiary alicyclic amines) is 2. The van der Waals surface area contributed by atoms with Crippen LogP contribution >= 0.6 is 11.3 Å². The summed E-state index contributed by atoms with van der Waals surface area (Å²) in [6, 6.07) is 10.5. The SMILES string of the molecule is Cc1ccsc1CN1CCC2(CCCN(C(=O)c3ccc(CN(CC4=NC=CC4)Cc4ncc[nH]4)cc3)C2)CC1. The molecule has 2 fully saturated rings. The highest BCUT2D eigenvalue weighted by Gasteiger charge is 2.39. The number of piperidine rings is 2. The number of hydrogen-bond acceptors (Lipinski definition) is 6. The maximum atomic E-state index is 13.6. The average Bonchev–Trinajstić information content (AvgIpc) is 3.75. The molecule has 7 nitrogen and oxygen atoms in total. The van der Waals surface area contributed by atoms with E-state index in [2.05, 4.69) is 66.2 Å². The molecule has 1 N–H and O–H groups in total. The molecule has 40 heavy (non-hydrogen) atoms. The van der Waals surface area contributed by atoms with Crippen LogP contribution in [0, 0.1) is 12.3 Å². The van der Waals surface area contributed by atoms with Gasteiger partial charge >= 0.3 is 0 Å². The molecule has 0 aliphatic carbocycles. The van der Waals surface area contributed by atoms with Gasteiger partial charge in [0.1, 0.15) is 5.82 Å². The fourth-order valence-corrected chi connectivity index (χ4v) is 7.41. The number of aliphatic imine (C=N–C) groups is 1. The lowest BCUT2D eigenvalue weighted by Crippen LogP contribution is -2.51. The van der Waals surface area contributed by atoms with E-state index in [1.54, 1.807) is 6.20 Å². The molecule has 0 unspecified atom stereocenters. The molecule has 0 bridgehead atoms. The van der Waals surface area contributed by atoms with Crippen LogP contribution in [0.25, 0.3) is 0 Å². The quantitative estimate of drug-likeness (QED) is 0.369. The van der Waals surface area contributed by atoms with Crippen molar-refractivity contribution in [3.63, 3.8) is 0 Å². The summed E-state index contributed by atoms with van der Waals surface area (Å²) in [7, 11) is 0. The van der Waals surface area contributed by atoms with Crippen molar-refractivity contribution in [3.8, 4) is 0 Å². The first-order chi connectivity index (χ1) is 19.6. The molecule has 1 aromatic carbocycles. The van der Waals surface area contributed by atoms with Crippen LogP contribution in [0.2, 0.25) is 0 Å². The summed E-state index contributed by atoms with van der Waals surface area (Å²) in [6.07, 6.45) is 13.3. The first kappa shape index (κ1) is 27.1. The molecule has 210 valence electrons. The number of carbonyl (C=O) groups is 1. The number of thiophene rings is 1. The van der Waals surface area contributed by atoms with E-state index in [1.165, 1.54) is 41.0 Å². The average molecular weight is 557 g/mol. The van der Waals surface area contributed by atoms with E-state index in [9.17, 15) is 4.79 Å². The van der Waals surface area contributed by atoms with E-state index in [1.807, 2.05) is 35.9 Å². The summed E-state index contributed by atoms with van der Waals surface area (Å²) < 4.78 is 0. The van der Waals surface area contributed by atoms with Crippen LogP contribution < -0.4 is 0 Å². The van der Waals surface area contributed by atoms with E-state index in [0.29, 0.717) is 0 Å². The smallest absolute Gasteiger partial charge is 0.253 e. The fourth-order valence-electron chi connectivity index (χ4n) is 6.46. The van der Waals surface area contributed by atoms with Crippen molar-refractivity contribution in [2.24, 2.45) is 10.4 Å². The van der Waals surface area contributed by atoms with Crippen LogP contribution in [0.5, 0.6) is 0 Å².